The van der Waals surface area contributed by atoms with Crippen molar-refractivity contribution >= 4 is 34.6 Å². The van der Waals surface area contributed by atoms with Crippen LogP contribution in [0.15, 0.2) is 18.3 Å². The van der Waals surface area contributed by atoms with E-state index < -0.39 is 5.97 Å². The fourth-order valence-corrected chi connectivity index (χ4v) is 2.45. The molecule has 0 amide bonds. The van der Waals surface area contributed by atoms with E-state index in [-0.39, 0.29) is 5.69 Å². The minimum absolute atomic E-state index is 0.134. The number of esters is 1. The number of nitrogen functional groups attached to an aromatic ring is 1. The summed E-state index contributed by atoms with van der Waals surface area (Å²) < 4.78 is 6.87. The Bertz CT molecular complexity index is 549. The number of anilines is 1. The summed E-state index contributed by atoms with van der Waals surface area (Å²) in [6.07, 6.45) is 1.60. The third kappa shape index (κ3) is 2.59. The lowest BCUT2D eigenvalue weighted by Crippen LogP contribution is -2.06. The first-order valence-corrected chi connectivity index (χ1v) is 5.95. The number of halogens is 1. The van der Waals surface area contributed by atoms with Crippen LogP contribution in [0, 0.1) is 0 Å². The molecule has 0 unspecified atom stereocenters. The van der Waals surface area contributed by atoms with Gasteiger partial charge in [-0.15, -0.1) is 11.3 Å². The van der Waals surface area contributed by atoms with Gasteiger partial charge in [-0.2, -0.15) is 5.10 Å². The first-order chi connectivity index (χ1) is 8.10. The number of nitrogens with zero attached hydrogens (tertiary/aromatic N) is 2. The second kappa shape index (κ2) is 4.77. The number of carbonyl (C=O) groups is 1. The molecule has 0 spiro atoms. The van der Waals surface area contributed by atoms with Gasteiger partial charge in [0, 0.05) is 11.1 Å². The van der Waals surface area contributed by atoms with Gasteiger partial charge in [0.25, 0.3) is 0 Å². The zero-order valence-corrected chi connectivity index (χ0v) is 10.6. The molecule has 0 saturated carbocycles. The van der Waals surface area contributed by atoms with Crippen LogP contribution >= 0.6 is 22.9 Å². The van der Waals surface area contributed by atoms with E-state index in [4.69, 9.17) is 17.3 Å². The normalized spacial score (nSPS) is 10.5. The quantitative estimate of drug-likeness (QED) is 0.867. The molecule has 5 nitrogen and oxygen atoms in total. The molecule has 0 atom stereocenters. The van der Waals surface area contributed by atoms with Gasteiger partial charge < -0.3 is 10.5 Å². The summed E-state index contributed by atoms with van der Waals surface area (Å²) in [5.74, 6) is -0.537. The van der Waals surface area contributed by atoms with Gasteiger partial charge in [-0.05, 0) is 12.1 Å². The molecule has 17 heavy (non-hydrogen) atoms. The number of thiophene rings is 1. The molecule has 0 aliphatic rings. The fraction of sp³-hybridized carbons (Fsp3) is 0.200. The highest BCUT2D eigenvalue weighted by molar-refractivity contribution is 7.16. The lowest BCUT2D eigenvalue weighted by Gasteiger charge is -1.97. The van der Waals surface area contributed by atoms with Crippen LogP contribution in [0.1, 0.15) is 15.4 Å². The van der Waals surface area contributed by atoms with E-state index in [0.29, 0.717) is 16.6 Å². The first kappa shape index (κ1) is 11.9. The summed E-state index contributed by atoms with van der Waals surface area (Å²) in [7, 11) is 1.29. The van der Waals surface area contributed by atoms with Crippen LogP contribution in [-0.4, -0.2) is 22.9 Å². The molecule has 0 saturated heterocycles. The van der Waals surface area contributed by atoms with Crippen molar-refractivity contribution in [2.24, 2.45) is 0 Å². The average molecular weight is 272 g/mol. The number of ether oxygens (including phenoxy) is 1. The fourth-order valence-electron chi connectivity index (χ4n) is 1.37. The number of hydrogen-bond acceptors (Lipinski definition) is 5. The van der Waals surface area contributed by atoms with Crippen molar-refractivity contribution in [3.8, 4) is 0 Å². The Balaban J connectivity index is 2.20. The Morgan fingerprint density at radius 2 is 2.41 bits per heavy atom. The largest absolute Gasteiger partial charge is 0.464 e. The van der Waals surface area contributed by atoms with Crippen LogP contribution in [0.2, 0.25) is 4.34 Å². The second-order valence-electron chi connectivity index (χ2n) is 3.33. The van der Waals surface area contributed by atoms with Gasteiger partial charge in [0.05, 0.1) is 23.7 Å². The lowest BCUT2D eigenvalue weighted by molar-refractivity contribution is 0.0594. The average Bonchev–Trinajstić information content (AvgIpc) is 2.85. The van der Waals surface area contributed by atoms with Gasteiger partial charge in [-0.3, -0.25) is 4.68 Å². The third-order valence-corrected chi connectivity index (χ3v) is 3.33. The Morgan fingerprint density at radius 3 is 3.00 bits per heavy atom. The van der Waals surface area contributed by atoms with Crippen molar-refractivity contribution in [3.05, 3.63) is 33.2 Å². The van der Waals surface area contributed by atoms with Crippen LogP contribution in [0.25, 0.3) is 0 Å². The molecule has 2 N–H and O–H groups in total. The SMILES string of the molecule is COC(=O)c1nn(Cc2ccc(Cl)s2)cc1N. The number of hydrogen-bond donors (Lipinski definition) is 1. The molecule has 2 heterocycles. The zero-order chi connectivity index (χ0) is 12.4. The molecule has 0 fully saturated rings. The smallest absolute Gasteiger partial charge is 0.360 e. The topological polar surface area (TPSA) is 70.1 Å². The number of carbonyl (C=O) groups excluding carboxylic acids is 1. The molecule has 2 aromatic rings. The monoisotopic (exact) mass is 271 g/mol. The number of rotatable bonds is 3. The molecule has 90 valence electrons. The maximum atomic E-state index is 11.3. The summed E-state index contributed by atoms with van der Waals surface area (Å²) in [5, 5.41) is 4.07. The van der Waals surface area contributed by atoms with Gasteiger partial charge in [0.15, 0.2) is 5.69 Å². The van der Waals surface area contributed by atoms with Gasteiger partial charge in [-0.25, -0.2) is 4.79 Å². The maximum absolute atomic E-state index is 11.3. The molecular formula is C10H10ClN3O2S. The summed E-state index contributed by atoms with van der Waals surface area (Å²) in [6, 6.07) is 3.72. The Hall–Kier alpha value is -1.53. The van der Waals surface area contributed by atoms with Crippen molar-refractivity contribution in [3.63, 3.8) is 0 Å². The Labute approximate surface area is 107 Å². The molecule has 2 aromatic heterocycles. The minimum atomic E-state index is -0.537. The highest BCUT2D eigenvalue weighted by Gasteiger charge is 2.15. The molecule has 0 aliphatic heterocycles. The van der Waals surface area contributed by atoms with Gasteiger partial charge in [-0.1, -0.05) is 11.6 Å². The highest BCUT2D eigenvalue weighted by Crippen LogP contribution is 2.22. The van der Waals surface area contributed by atoms with E-state index in [0.717, 1.165) is 4.88 Å². The van der Waals surface area contributed by atoms with Gasteiger partial charge in [0.1, 0.15) is 0 Å². The van der Waals surface area contributed by atoms with Crippen LogP contribution in [0.3, 0.4) is 0 Å². The lowest BCUT2D eigenvalue weighted by atomic mass is 10.4. The molecule has 0 aliphatic carbocycles. The van der Waals surface area contributed by atoms with E-state index in [1.54, 1.807) is 10.9 Å². The van der Waals surface area contributed by atoms with Crippen molar-refractivity contribution in [2.75, 3.05) is 12.8 Å². The number of nitrogens with two attached hydrogens (primary N) is 1. The maximum Gasteiger partial charge on any atom is 0.360 e. The molecular weight excluding hydrogens is 262 g/mol. The first-order valence-electron chi connectivity index (χ1n) is 4.75. The Morgan fingerprint density at radius 1 is 1.65 bits per heavy atom. The number of methoxy groups -OCH3 is 1. The highest BCUT2D eigenvalue weighted by atomic mass is 35.5. The third-order valence-electron chi connectivity index (χ3n) is 2.12. The number of aromatic nitrogens is 2. The second-order valence-corrected chi connectivity index (χ2v) is 5.13. The van der Waals surface area contributed by atoms with Crippen molar-refractivity contribution in [1.29, 1.82) is 0 Å². The van der Waals surface area contributed by atoms with E-state index >= 15 is 0 Å². The summed E-state index contributed by atoms with van der Waals surface area (Å²) >= 11 is 7.29. The predicted octanol–water partition coefficient (Wildman–Crippen LogP) is 2.02. The Kier molecular flexibility index (Phi) is 3.35. The van der Waals surface area contributed by atoms with Crippen LogP contribution in [0.5, 0.6) is 0 Å². The predicted molar refractivity (Wildman–Crippen MR) is 66.4 cm³/mol. The van der Waals surface area contributed by atoms with Crippen molar-refractivity contribution in [1.82, 2.24) is 9.78 Å². The van der Waals surface area contributed by atoms with E-state index in [1.165, 1.54) is 18.4 Å². The van der Waals surface area contributed by atoms with E-state index in [2.05, 4.69) is 9.84 Å². The molecule has 7 heteroatoms. The minimum Gasteiger partial charge on any atom is -0.464 e. The molecule has 2 rings (SSSR count). The van der Waals surface area contributed by atoms with Crippen LogP contribution in [0.4, 0.5) is 5.69 Å². The standard InChI is InChI=1S/C10H10ClN3O2S/c1-16-10(15)9-7(12)5-14(13-9)4-6-2-3-8(11)17-6/h2-3,5H,4,12H2,1H3. The molecule has 0 aromatic carbocycles. The van der Waals surface area contributed by atoms with Crippen molar-refractivity contribution in [2.45, 2.75) is 6.54 Å². The van der Waals surface area contributed by atoms with E-state index in [9.17, 15) is 4.79 Å². The summed E-state index contributed by atoms with van der Waals surface area (Å²) in [6.45, 7) is 0.526. The summed E-state index contributed by atoms with van der Waals surface area (Å²) in [5.41, 5.74) is 6.11. The van der Waals surface area contributed by atoms with Crippen LogP contribution < -0.4 is 5.73 Å². The molecule has 0 radical (unpaired) electrons. The van der Waals surface area contributed by atoms with Crippen LogP contribution in [-0.2, 0) is 11.3 Å². The van der Waals surface area contributed by atoms with Crippen molar-refractivity contribution < 1.29 is 9.53 Å². The van der Waals surface area contributed by atoms with Gasteiger partial charge in [0.2, 0.25) is 0 Å². The van der Waals surface area contributed by atoms with Gasteiger partial charge >= 0.3 is 5.97 Å². The molecule has 0 bridgehead atoms. The zero-order valence-electron chi connectivity index (χ0n) is 9.01. The van der Waals surface area contributed by atoms with E-state index in [1.807, 2.05) is 12.1 Å². The summed E-state index contributed by atoms with van der Waals surface area (Å²) in [4.78, 5) is 12.3.